The maximum atomic E-state index is 2.89. The number of piperidine rings is 1. The number of nitrogens with zero attached hydrogens (tertiary/aromatic N) is 2. The molecule has 2 saturated carbocycles. The zero-order chi connectivity index (χ0) is 16.7. The van der Waals surface area contributed by atoms with Gasteiger partial charge < -0.3 is 9.80 Å². The third-order valence-corrected chi connectivity index (χ3v) is 8.20. The maximum absolute atomic E-state index is 2.89. The first-order chi connectivity index (χ1) is 12.3. The number of rotatable bonds is 2. The Kier molecular flexibility index (Phi) is 4.28. The topological polar surface area (TPSA) is 6.48 Å². The van der Waals surface area contributed by atoms with Crippen molar-refractivity contribution in [3.05, 3.63) is 30.3 Å². The van der Waals surface area contributed by atoms with Crippen LogP contribution in [0.15, 0.2) is 30.3 Å². The van der Waals surface area contributed by atoms with Crippen LogP contribution < -0.4 is 4.90 Å². The Morgan fingerprint density at radius 2 is 1.48 bits per heavy atom. The van der Waals surface area contributed by atoms with Crippen molar-refractivity contribution in [2.45, 2.75) is 75.8 Å². The largest absolute Gasteiger partial charge is 0.366 e. The van der Waals surface area contributed by atoms with Crippen LogP contribution >= 0.6 is 0 Å². The Balaban J connectivity index is 1.20. The van der Waals surface area contributed by atoms with Crippen LogP contribution in [0.25, 0.3) is 0 Å². The standard InChI is InChI=1S/C23H34N2/c1-2-8-21(9-3-1)25-17-14-23(25)12-15-24(16-13-23)22-11-10-19-6-4-5-7-20(19)18-22/h1-3,8-9,19-20,22H,4-7,10-18H2. The lowest BCUT2D eigenvalue weighted by molar-refractivity contribution is 0.0343. The smallest absolute Gasteiger partial charge is 0.0443 e. The molecule has 0 radical (unpaired) electrons. The van der Waals surface area contributed by atoms with Crippen LogP contribution in [0.5, 0.6) is 0 Å². The quantitative estimate of drug-likeness (QED) is 0.741. The van der Waals surface area contributed by atoms with E-state index >= 15 is 0 Å². The first-order valence-electron chi connectivity index (χ1n) is 10.9. The van der Waals surface area contributed by atoms with E-state index in [9.17, 15) is 0 Å². The van der Waals surface area contributed by atoms with Gasteiger partial charge in [-0.05, 0) is 62.5 Å². The summed E-state index contributed by atoms with van der Waals surface area (Å²) in [5.41, 5.74) is 1.94. The predicted octanol–water partition coefficient (Wildman–Crippen LogP) is 5.09. The molecule has 2 aliphatic heterocycles. The number of para-hydroxylation sites is 1. The number of benzene rings is 1. The van der Waals surface area contributed by atoms with Crippen molar-refractivity contribution >= 4 is 5.69 Å². The van der Waals surface area contributed by atoms with E-state index in [1.165, 1.54) is 89.5 Å². The van der Waals surface area contributed by atoms with Crippen molar-refractivity contribution < 1.29 is 0 Å². The Hall–Kier alpha value is -1.02. The number of anilines is 1. The van der Waals surface area contributed by atoms with Crippen LogP contribution in [0.4, 0.5) is 5.69 Å². The van der Waals surface area contributed by atoms with E-state index in [4.69, 9.17) is 0 Å². The van der Waals surface area contributed by atoms with Gasteiger partial charge >= 0.3 is 0 Å². The monoisotopic (exact) mass is 338 g/mol. The lowest BCUT2D eigenvalue weighted by Crippen LogP contribution is -2.65. The van der Waals surface area contributed by atoms with E-state index in [-0.39, 0.29) is 0 Å². The fraction of sp³-hybridized carbons (Fsp3) is 0.739. The summed E-state index contributed by atoms with van der Waals surface area (Å²) in [5, 5.41) is 0. The Labute approximate surface area is 153 Å². The van der Waals surface area contributed by atoms with Crippen LogP contribution in [0.3, 0.4) is 0 Å². The molecule has 0 bridgehead atoms. The van der Waals surface area contributed by atoms with Gasteiger partial charge in [0.15, 0.2) is 0 Å². The first kappa shape index (κ1) is 16.2. The van der Waals surface area contributed by atoms with Crippen LogP contribution in [-0.2, 0) is 0 Å². The fourth-order valence-corrected chi connectivity index (χ4v) is 6.56. The van der Waals surface area contributed by atoms with Gasteiger partial charge in [-0.15, -0.1) is 0 Å². The molecule has 136 valence electrons. The van der Waals surface area contributed by atoms with E-state index < -0.39 is 0 Å². The molecule has 1 aromatic carbocycles. The van der Waals surface area contributed by atoms with Crippen molar-refractivity contribution in [2.24, 2.45) is 11.8 Å². The van der Waals surface area contributed by atoms with Gasteiger partial charge in [-0.1, -0.05) is 43.9 Å². The average molecular weight is 339 g/mol. The molecule has 2 saturated heterocycles. The van der Waals surface area contributed by atoms with Gasteiger partial charge in [-0.2, -0.15) is 0 Å². The molecule has 0 N–H and O–H groups in total. The Morgan fingerprint density at radius 3 is 2.20 bits per heavy atom. The normalized spacial score (nSPS) is 35.2. The molecule has 3 atom stereocenters. The molecule has 4 aliphatic rings. The molecule has 1 aromatic rings. The van der Waals surface area contributed by atoms with E-state index in [1.54, 1.807) is 0 Å². The fourth-order valence-electron chi connectivity index (χ4n) is 6.56. The summed E-state index contributed by atoms with van der Waals surface area (Å²) in [7, 11) is 0. The average Bonchev–Trinajstić information content (AvgIpc) is 2.68. The molecule has 2 heteroatoms. The molecule has 5 rings (SSSR count). The van der Waals surface area contributed by atoms with Crippen LogP contribution in [0.1, 0.15) is 64.2 Å². The summed E-state index contributed by atoms with van der Waals surface area (Å²) in [6.45, 7) is 3.94. The van der Waals surface area contributed by atoms with Crippen LogP contribution in [0, 0.1) is 11.8 Å². The second-order valence-electron chi connectivity index (χ2n) is 9.27. The SMILES string of the molecule is c1ccc(N2CCC23CCN(C2CCC4CCCCC4C2)CC3)cc1. The van der Waals surface area contributed by atoms with Crippen molar-refractivity contribution in [3.8, 4) is 0 Å². The van der Waals surface area contributed by atoms with Gasteiger partial charge in [0.1, 0.15) is 0 Å². The zero-order valence-electron chi connectivity index (χ0n) is 15.7. The molecule has 2 heterocycles. The molecule has 4 fully saturated rings. The van der Waals surface area contributed by atoms with Crippen molar-refractivity contribution in [3.63, 3.8) is 0 Å². The lowest BCUT2D eigenvalue weighted by atomic mass is 9.68. The molecule has 0 amide bonds. The van der Waals surface area contributed by atoms with E-state index in [2.05, 4.69) is 40.1 Å². The summed E-state index contributed by atoms with van der Waals surface area (Å²) in [4.78, 5) is 5.60. The van der Waals surface area contributed by atoms with E-state index in [0.717, 1.165) is 17.9 Å². The Morgan fingerprint density at radius 1 is 0.760 bits per heavy atom. The summed E-state index contributed by atoms with van der Waals surface area (Å²) in [6, 6.07) is 12.0. The molecule has 2 nitrogen and oxygen atoms in total. The minimum Gasteiger partial charge on any atom is -0.366 e. The van der Waals surface area contributed by atoms with Crippen LogP contribution in [0.2, 0.25) is 0 Å². The summed E-state index contributed by atoms with van der Waals surface area (Å²) in [6.07, 6.45) is 14.8. The van der Waals surface area contributed by atoms with E-state index in [0.29, 0.717) is 5.54 Å². The summed E-state index contributed by atoms with van der Waals surface area (Å²) in [5.74, 6) is 2.15. The van der Waals surface area contributed by atoms with Gasteiger partial charge in [0.25, 0.3) is 0 Å². The first-order valence-corrected chi connectivity index (χ1v) is 10.9. The van der Waals surface area contributed by atoms with E-state index in [1.807, 2.05) is 0 Å². The van der Waals surface area contributed by atoms with Crippen molar-refractivity contribution in [2.75, 3.05) is 24.5 Å². The van der Waals surface area contributed by atoms with Gasteiger partial charge in [-0.3, -0.25) is 0 Å². The van der Waals surface area contributed by atoms with Crippen molar-refractivity contribution in [1.82, 2.24) is 4.90 Å². The van der Waals surface area contributed by atoms with Gasteiger partial charge in [0.05, 0.1) is 0 Å². The second kappa shape index (κ2) is 6.61. The lowest BCUT2D eigenvalue weighted by Gasteiger charge is -2.59. The minimum atomic E-state index is 0.486. The summed E-state index contributed by atoms with van der Waals surface area (Å²) >= 11 is 0. The van der Waals surface area contributed by atoms with Gasteiger partial charge in [0, 0.05) is 36.9 Å². The molecule has 1 spiro atoms. The maximum Gasteiger partial charge on any atom is 0.0443 e. The molecule has 25 heavy (non-hydrogen) atoms. The number of likely N-dealkylation sites (tertiary alicyclic amines) is 1. The highest BCUT2D eigenvalue weighted by atomic mass is 15.3. The third kappa shape index (κ3) is 2.91. The molecular formula is C23H34N2. The van der Waals surface area contributed by atoms with Crippen LogP contribution in [-0.4, -0.2) is 36.1 Å². The highest BCUT2D eigenvalue weighted by molar-refractivity contribution is 5.52. The highest BCUT2D eigenvalue weighted by Crippen LogP contribution is 2.46. The minimum absolute atomic E-state index is 0.486. The van der Waals surface area contributed by atoms with Gasteiger partial charge in [-0.25, -0.2) is 0 Å². The number of hydrogen-bond acceptors (Lipinski definition) is 2. The highest BCUT2D eigenvalue weighted by Gasteiger charge is 2.47. The number of hydrogen-bond donors (Lipinski definition) is 0. The Bertz CT molecular complexity index is 575. The van der Waals surface area contributed by atoms with Gasteiger partial charge in [0.2, 0.25) is 0 Å². The second-order valence-corrected chi connectivity index (χ2v) is 9.27. The molecule has 3 unspecified atom stereocenters. The number of fused-ring (bicyclic) bond motifs is 1. The molecule has 0 aromatic heterocycles. The molecular weight excluding hydrogens is 304 g/mol. The molecule has 2 aliphatic carbocycles. The zero-order valence-corrected chi connectivity index (χ0v) is 15.7. The third-order valence-electron chi connectivity index (χ3n) is 8.20. The van der Waals surface area contributed by atoms with Crippen molar-refractivity contribution in [1.29, 1.82) is 0 Å². The predicted molar refractivity (Wildman–Crippen MR) is 105 cm³/mol. The summed E-state index contributed by atoms with van der Waals surface area (Å²) < 4.78 is 0.